The topological polar surface area (TPSA) is 18.5 Å². The van der Waals surface area contributed by atoms with Crippen LogP contribution >= 0.6 is 0 Å². The van der Waals surface area contributed by atoms with E-state index in [1.807, 2.05) is 12.1 Å². The molecular weight excluding hydrogens is 214 g/mol. The van der Waals surface area contributed by atoms with Crippen LogP contribution in [0.25, 0.3) is 10.8 Å². The highest BCUT2D eigenvalue weighted by Gasteiger charge is 2.10. The molecule has 0 atom stereocenters. The predicted molar refractivity (Wildman–Crippen MR) is 57.1 cm³/mol. The van der Waals surface area contributed by atoms with Gasteiger partial charge in [0.1, 0.15) is 11.5 Å². The van der Waals surface area contributed by atoms with Crippen LogP contribution in [-0.4, -0.2) is 13.7 Å². The molecule has 0 saturated carbocycles. The van der Waals surface area contributed by atoms with Crippen LogP contribution in [0.15, 0.2) is 36.4 Å². The summed E-state index contributed by atoms with van der Waals surface area (Å²) in [6.07, 6.45) is 0. The third kappa shape index (κ3) is 2.05. The van der Waals surface area contributed by atoms with Gasteiger partial charge in [-0.2, -0.15) is 8.78 Å². The summed E-state index contributed by atoms with van der Waals surface area (Å²) in [6, 6.07) is 10.4. The minimum atomic E-state index is -2.84. The molecule has 0 amide bonds. The molecule has 84 valence electrons. The van der Waals surface area contributed by atoms with Gasteiger partial charge < -0.3 is 9.47 Å². The molecule has 0 N–H and O–H groups in total. The van der Waals surface area contributed by atoms with Crippen LogP contribution in [0, 0.1) is 0 Å². The lowest BCUT2D eigenvalue weighted by atomic mass is 10.1. The molecule has 0 aliphatic rings. The molecule has 2 aromatic carbocycles. The minimum Gasteiger partial charge on any atom is -0.497 e. The number of hydrogen-bond acceptors (Lipinski definition) is 2. The van der Waals surface area contributed by atoms with E-state index in [1.165, 1.54) is 13.2 Å². The van der Waals surface area contributed by atoms with Crippen molar-refractivity contribution in [1.29, 1.82) is 0 Å². The highest BCUT2D eigenvalue weighted by molar-refractivity contribution is 5.89. The predicted octanol–water partition coefficient (Wildman–Crippen LogP) is 3.45. The van der Waals surface area contributed by atoms with Gasteiger partial charge in [0.15, 0.2) is 0 Å². The van der Waals surface area contributed by atoms with E-state index in [2.05, 4.69) is 4.74 Å². The number of hydrogen-bond donors (Lipinski definition) is 0. The third-order valence-electron chi connectivity index (χ3n) is 2.25. The maximum atomic E-state index is 12.2. The van der Waals surface area contributed by atoms with Crippen LogP contribution < -0.4 is 9.47 Å². The van der Waals surface area contributed by atoms with E-state index in [4.69, 9.17) is 4.74 Å². The van der Waals surface area contributed by atoms with Crippen molar-refractivity contribution in [3.05, 3.63) is 36.4 Å². The molecule has 0 fully saturated rings. The maximum Gasteiger partial charge on any atom is 0.387 e. The second-order valence-electron chi connectivity index (χ2n) is 3.23. The standard InChI is InChI=1S/C12H10F2O2/c1-15-9-6-8-4-2-3-5-10(8)11(7-9)16-12(13)14/h2-7,12H,1H3. The summed E-state index contributed by atoms with van der Waals surface area (Å²) in [7, 11) is 1.48. The van der Waals surface area contributed by atoms with E-state index in [-0.39, 0.29) is 5.75 Å². The van der Waals surface area contributed by atoms with E-state index < -0.39 is 6.61 Å². The molecule has 2 aromatic rings. The fourth-order valence-electron chi connectivity index (χ4n) is 1.56. The molecule has 0 unspecified atom stereocenters. The summed E-state index contributed by atoms with van der Waals surface area (Å²) in [6.45, 7) is -2.84. The Morgan fingerprint density at radius 2 is 1.88 bits per heavy atom. The molecule has 0 bridgehead atoms. The van der Waals surface area contributed by atoms with Gasteiger partial charge in [0.25, 0.3) is 0 Å². The van der Waals surface area contributed by atoms with Crippen molar-refractivity contribution in [2.45, 2.75) is 6.61 Å². The maximum absolute atomic E-state index is 12.2. The lowest BCUT2D eigenvalue weighted by Crippen LogP contribution is -2.02. The van der Waals surface area contributed by atoms with Crippen LogP contribution in [0.1, 0.15) is 0 Å². The summed E-state index contributed by atoms with van der Waals surface area (Å²) in [5, 5.41) is 1.45. The van der Waals surface area contributed by atoms with E-state index in [0.717, 1.165) is 5.39 Å². The molecular formula is C12H10F2O2. The number of methoxy groups -OCH3 is 1. The van der Waals surface area contributed by atoms with Crippen molar-refractivity contribution in [2.24, 2.45) is 0 Å². The van der Waals surface area contributed by atoms with E-state index in [0.29, 0.717) is 11.1 Å². The second kappa shape index (κ2) is 4.35. The normalized spacial score (nSPS) is 10.8. The first-order valence-corrected chi connectivity index (χ1v) is 4.72. The average Bonchev–Trinajstić information content (AvgIpc) is 2.28. The van der Waals surface area contributed by atoms with Crippen molar-refractivity contribution in [3.8, 4) is 11.5 Å². The summed E-state index contributed by atoms with van der Waals surface area (Å²) >= 11 is 0. The molecule has 0 radical (unpaired) electrons. The SMILES string of the molecule is COc1cc(OC(F)F)c2ccccc2c1. The van der Waals surface area contributed by atoms with Crippen LogP contribution in [-0.2, 0) is 0 Å². The Morgan fingerprint density at radius 1 is 1.12 bits per heavy atom. The van der Waals surface area contributed by atoms with Crippen molar-refractivity contribution >= 4 is 10.8 Å². The fraction of sp³-hybridized carbons (Fsp3) is 0.167. The number of halogens is 2. The third-order valence-corrected chi connectivity index (χ3v) is 2.25. The van der Waals surface area contributed by atoms with Gasteiger partial charge in [0.05, 0.1) is 7.11 Å². The zero-order valence-electron chi connectivity index (χ0n) is 8.61. The zero-order valence-corrected chi connectivity index (χ0v) is 8.61. The Bertz CT molecular complexity index is 497. The van der Waals surface area contributed by atoms with Crippen molar-refractivity contribution in [3.63, 3.8) is 0 Å². The Balaban J connectivity index is 2.59. The number of fused-ring (bicyclic) bond motifs is 1. The quantitative estimate of drug-likeness (QED) is 0.794. The van der Waals surface area contributed by atoms with Crippen LogP contribution in [0.2, 0.25) is 0 Å². The highest BCUT2D eigenvalue weighted by Crippen LogP contribution is 2.31. The number of ether oxygens (including phenoxy) is 2. The molecule has 0 aliphatic heterocycles. The van der Waals surface area contributed by atoms with Gasteiger partial charge in [-0.3, -0.25) is 0 Å². The van der Waals surface area contributed by atoms with Gasteiger partial charge in [0.2, 0.25) is 0 Å². The first kappa shape index (κ1) is 10.7. The number of alkyl halides is 2. The lowest BCUT2D eigenvalue weighted by molar-refractivity contribution is -0.0488. The number of rotatable bonds is 3. The van der Waals surface area contributed by atoms with Crippen LogP contribution in [0.5, 0.6) is 11.5 Å². The van der Waals surface area contributed by atoms with Gasteiger partial charge in [-0.15, -0.1) is 0 Å². The molecule has 0 aliphatic carbocycles. The minimum absolute atomic E-state index is 0.130. The Morgan fingerprint density at radius 3 is 2.56 bits per heavy atom. The van der Waals surface area contributed by atoms with Gasteiger partial charge in [-0.05, 0) is 11.5 Å². The van der Waals surface area contributed by atoms with E-state index in [1.54, 1.807) is 18.2 Å². The monoisotopic (exact) mass is 224 g/mol. The lowest BCUT2D eigenvalue weighted by Gasteiger charge is -2.10. The largest absolute Gasteiger partial charge is 0.497 e. The summed E-state index contributed by atoms with van der Waals surface area (Å²) in [5.41, 5.74) is 0. The Kier molecular flexibility index (Phi) is 2.90. The summed E-state index contributed by atoms with van der Waals surface area (Å²) in [4.78, 5) is 0. The van der Waals surface area contributed by atoms with Gasteiger partial charge in [0, 0.05) is 11.5 Å². The van der Waals surface area contributed by atoms with Gasteiger partial charge >= 0.3 is 6.61 Å². The summed E-state index contributed by atoms with van der Waals surface area (Å²) < 4.78 is 33.9. The van der Waals surface area contributed by atoms with Gasteiger partial charge in [-0.25, -0.2) is 0 Å². The van der Waals surface area contributed by atoms with E-state index in [9.17, 15) is 8.78 Å². The highest BCUT2D eigenvalue weighted by atomic mass is 19.3. The molecule has 4 heteroatoms. The molecule has 2 rings (SSSR count). The van der Waals surface area contributed by atoms with Crippen LogP contribution in [0.3, 0.4) is 0 Å². The molecule has 2 nitrogen and oxygen atoms in total. The van der Waals surface area contributed by atoms with E-state index >= 15 is 0 Å². The van der Waals surface area contributed by atoms with Crippen molar-refractivity contribution < 1.29 is 18.3 Å². The molecule has 0 aromatic heterocycles. The molecule has 0 heterocycles. The zero-order chi connectivity index (χ0) is 11.5. The fourth-order valence-corrected chi connectivity index (χ4v) is 1.56. The Hall–Kier alpha value is -1.84. The Labute approximate surface area is 91.4 Å². The molecule has 16 heavy (non-hydrogen) atoms. The van der Waals surface area contributed by atoms with Crippen LogP contribution in [0.4, 0.5) is 8.78 Å². The average molecular weight is 224 g/mol. The van der Waals surface area contributed by atoms with Gasteiger partial charge in [-0.1, -0.05) is 24.3 Å². The number of benzene rings is 2. The van der Waals surface area contributed by atoms with Crippen molar-refractivity contribution in [1.82, 2.24) is 0 Å². The van der Waals surface area contributed by atoms with Crippen molar-refractivity contribution in [2.75, 3.05) is 7.11 Å². The first-order chi connectivity index (χ1) is 7.70. The summed E-state index contributed by atoms with van der Waals surface area (Å²) in [5.74, 6) is 0.624. The molecule has 0 saturated heterocycles. The smallest absolute Gasteiger partial charge is 0.387 e. The molecule has 0 spiro atoms. The first-order valence-electron chi connectivity index (χ1n) is 4.72. The second-order valence-corrected chi connectivity index (χ2v) is 3.23.